The second-order valence-electron chi connectivity index (χ2n) is 6.25. The second-order valence-corrected chi connectivity index (χ2v) is 8.06. The molecule has 8 heteroatoms. The molecule has 2 aromatic carbocycles. The largest absolute Gasteiger partial charge is 0.251 e. The van der Waals surface area contributed by atoms with E-state index in [2.05, 4.69) is 15.1 Å². The standard InChI is InChI=1S/C19H15FN4O2S/c1-12-7-8-16(20)15(9-12)13-10-21-19(22-11-13)18-14-5-3-4-6-17(14)24(23-18)27(2,25)26/h3-11H,1-2H3. The zero-order chi connectivity index (χ0) is 19.2. The monoisotopic (exact) mass is 382 g/mol. The molecule has 4 aromatic rings. The molecule has 0 saturated carbocycles. The van der Waals surface area contributed by atoms with Gasteiger partial charge < -0.3 is 0 Å². The summed E-state index contributed by atoms with van der Waals surface area (Å²) >= 11 is 0. The molecule has 0 radical (unpaired) electrons. The van der Waals surface area contributed by atoms with E-state index in [0.29, 0.717) is 27.7 Å². The van der Waals surface area contributed by atoms with Gasteiger partial charge in [0.25, 0.3) is 10.0 Å². The molecule has 0 aliphatic carbocycles. The van der Waals surface area contributed by atoms with Crippen LogP contribution in [0.1, 0.15) is 5.56 Å². The van der Waals surface area contributed by atoms with E-state index in [1.54, 1.807) is 36.4 Å². The summed E-state index contributed by atoms with van der Waals surface area (Å²) in [7, 11) is -3.58. The van der Waals surface area contributed by atoms with Crippen molar-refractivity contribution in [1.29, 1.82) is 0 Å². The van der Waals surface area contributed by atoms with Crippen molar-refractivity contribution >= 4 is 20.9 Å². The number of nitrogens with zero attached hydrogens (tertiary/aromatic N) is 4. The number of aromatic nitrogens is 4. The Hall–Kier alpha value is -3.13. The van der Waals surface area contributed by atoms with E-state index < -0.39 is 10.0 Å². The highest BCUT2D eigenvalue weighted by molar-refractivity contribution is 7.89. The SMILES string of the molecule is Cc1ccc(F)c(-c2cnc(-c3nn(S(C)(=O)=O)c4ccccc34)nc2)c1. The van der Waals surface area contributed by atoms with Crippen molar-refractivity contribution in [3.8, 4) is 22.6 Å². The van der Waals surface area contributed by atoms with Crippen LogP contribution in [0.4, 0.5) is 4.39 Å². The number of fused-ring (bicyclic) bond motifs is 1. The van der Waals surface area contributed by atoms with Crippen LogP contribution in [0.2, 0.25) is 0 Å². The van der Waals surface area contributed by atoms with Gasteiger partial charge in [0.1, 0.15) is 11.5 Å². The molecule has 0 aliphatic rings. The summed E-state index contributed by atoms with van der Waals surface area (Å²) in [5, 5.41) is 4.82. The average Bonchev–Trinajstić information content (AvgIpc) is 3.04. The number of rotatable bonds is 3. The molecule has 0 atom stereocenters. The number of halogens is 1. The van der Waals surface area contributed by atoms with Crippen LogP contribution < -0.4 is 0 Å². The predicted molar refractivity (Wildman–Crippen MR) is 101 cm³/mol. The molecule has 0 unspecified atom stereocenters. The van der Waals surface area contributed by atoms with E-state index in [9.17, 15) is 12.8 Å². The average molecular weight is 382 g/mol. The van der Waals surface area contributed by atoms with E-state index in [4.69, 9.17) is 0 Å². The van der Waals surface area contributed by atoms with Crippen molar-refractivity contribution in [3.05, 3.63) is 66.2 Å². The Kier molecular flexibility index (Phi) is 4.00. The molecular weight excluding hydrogens is 367 g/mol. The molecular formula is C19H15FN4O2S. The summed E-state index contributed by atoms with van der Waals surface area (Å²) in [6, 6.07) is 11.8. The highest BCUT2D eigenvalue weighted by atomic mass is 32.2. The van der Waals surface area contributed by atoms with Gasteiger partial charge in [0, 0.05) is 28.9 Å². The van der Waals surface area contributed by atoms with E-state index in [1.807, 2.05) is 6.92 Å². The Morgan fingerprint density at radius 3 is 2.44 bits per heavy atom. The smallest absolute Gasteiger partial charge is 0.234 e. The molecule has 4 rings (SSSR count). The predicted octanol–water partition coefficient (Wildman–Crippen LogP) is 3.42. The quantitative estimate of drug-likeness (QED) is 0.543. The lowest BCUT2D eigenvalue weighted by atomic mass is 10.1. The Morgan fingerprint density at radius 1 is 1.04 bits per heavy atom. The zero-order valence-electron chi connectivity index (χ0n) is 14.6. The van der Waals surface area contributed by atoms with Crippen LogP contribution in [-0.2, 0) is 10.0 Å². The third kappa shape index (κ3) is 3.08. The molecule has 0 amide bonds. The van der Waals surface area contributed by atoms with Crippen LogP contribution in [-0.4, -0.2) is 33.8 Å². The number of hydrogen-bond acceptors (Lipinski definition) is 5. The van der Waals surface area contributed by atoms with Gasteiger partial charge in [-0.05, 0) is 25.1 Å². The van der Waals surface area contributed by atoms with Crippen molar-refractivity contribution < 1.29 is 12.8 Å². The minimum Gasteiger partial charge on any atom is -0.234 e. The Bertz CT molecular complexity index is 1260. The van der Waals surface area contributed by atoms with Crippen LogP contribution >= 0.6 is 0 Å². The number of hydrogen-bond donors (Lipinski definition) is 0. The molecule has 0 saturated heterocycles. The van der Waals surface area contributed by atoms with Crippen molar-refractivity contribution in [2.45, 2.75) is 6.92 Å². The van der Waals surface area contributed by atoms with Crippen LogP contribution in [0, 0.1) is 12.7 Å². The summed E-state index contributed by atoms with van der Waals surface area (Å²) in [4.78, 5) is 8.59. The van der Waals surface area contributed by atoms with Gasteiger partial charge in [0.15, 0.2) is 5.82 Å². The molecule has 0 spiro atoms. The van der Waals surface area contributed by atoms with Gasteiger partial charge in [-0.1, -0.05) is 29.8 Å². The molecule has 6 nitrogen and oxygen atoms in total. The summed E-state index contributed by atoms with van der Waals surface area (Å²) in [5.74, 6) is -0.0887. The topological polar surface area (TPSA) is 77.7 Å². The van der Waals surface area contributed by atoms with E-state index in [0.717, 1.165) is 15.9 Å². The lowest BCUT2D eigenvalue weighted by Gasteiger charge is -2.05. The van der Waals surface area contributed by atoms with E-state index in [-0.39, 0.29) is 11.6 Å². The van der Waals surface area contributed by atoms with Crippen molar-refractivity contribution in [2.24, 2.45) is 0 Å². The molecule has 0 aliphatic heterocycles. The third-order valence-electron chi connectivity index (χ3n) is 4.17. The summed E-state index contributed by atoms with van der Waals surface area (Å²) in [5.41, 5.74) is 2.67. The molecule has 2 aromatic heterocycles. The van der Waals surface area contributed by atoms with Gasteiger partial charge in [0.2, 0.25) is 0 Å². The fourth-order valence-electron chi connectivity index (χ4n) is 2.91. The lowest BCUT2D eigenvalue weighted by Crippen LogP contribution is -2.11. The number of benzene rings is 2. The first-order chi connectivity index (χ1) is 12.8. The van der Waals surface area contributed by atoms with Gasteiger partial charge in [0.05, 0.1) is 11.8 Å². The normalized spacial score (nSPS) is 11.8. The summed E-state index contributed by atoms with van der Waals surface area (Å²) < 4.78 is 39.1. The fraction of sp³-hybridized carbons (Fsp3) is 0.105. The Morgan fingerprint density at radius 2 is 1.74 bits per heavy atom. The minimum atomic E-state index is -3.58. The van der Waals surface area contributed by atoms with Crippen molar-refractivity contribution in [2.75, 3.05) is 6.26 Å². The van der Waals surface area contributed by atoms with Gasteiger partial charge in [-0.2, -0.15) is 9.19 Å². The highest BCUT2D eigenvalue weighted by Crippen LogP contribution is 2.28. The third-order valence-corrected chi connectivity index (χ3v) is 5.07. The van der Waals surface area contributed by atoms with Crippen molar-refractivity contribution in [3.63, 3.8) is 0 Å². The van der Waals surface area contributed by atoms with Crippen LogP contribution in [0.15, 0.2) is 54.9 Å². The van der Waals surface area contributed by atoms with Gasteiger partial charge >= 0.3 is 0 Å². The number of para-hydroxylation sites is 1. The minimum absolute atomic E-state index is 0.269. The Balaban J connectivity index is 1.85. The molecule has 27 heavy (non-hydrogen) atoms. The summed E-state index contributed by atoms with van der Waals surface area (Å²) in [6.07, 6.45) is 4.10. The molecule has 0 N–H and O–H groups in total. The maximum absolute atomic E-state index is 14.1. The number of aryl methyl sites for hydroxylation is 1. The van der Waals surface area contributed by atoms with Gasteiger partial charge in [-0.25, -0.2) is 22.8 Å². The maximum Gasteiger partial charge on any atom is 0.251 e. The first kappa shape index (κ1) is 17.3. The first-order valence-electron chi connectivity index (χ1n) is 8.12. The molecule has 0 fully saturated rings. The van der Waals surface area contributed by atoms with Crippen molar-refractivity contribution in [1.82, 2.24) is 19.2 Å². The fourth-order valence-corrected chi connectivity index (χ4v) is 3.65. The Labute approximate surface area is 155 Å². The molecule has 0 bridgehead atoms. The zero-order valence-corrected chi connectivity index (χ0v) is 15.4. The van der Waals surface area contributed by atoms with Crippen LogP contribution in [0.5, 0.6) is 0 Å². The van der Waals surface area contributed by atoms with Crippen LogP contribution in [0.25, 0.3) is 33.5 Å². The lowest BCUT2D eigenvalue weighted by molar-refractivity contribution is 0.588. The van der Waals surface area contributed by atoms with E-state index >= 15 is 0 Å². The molecule has 136 valence electrons. The summed E-state index contributed by atoms with van der Waals surface area (Å²) in [6.45, 7) is 1.88. The molecule has 2 heterocycles. The van der Waals surface area contributed by atoms with Crippen LogP contribution in [0.3, 0.4) is 0 Å². The van der Waals surface area contributed by atoms with Gasteiger partial charge in [-0.3, -0.25) is 0 Å². The highest BCUT2D eigenvalue weighted by Gasteiger charge is 2.19. The maximum atomic E-state index is 14.1. The first-order valence-corrected chi connectivity index (χ1v) is 9.97. The van der Waals surface area contributed by atoms with E-state index in [1.165, 1.54) is 18.5 Å². The second kappa shape index (κ2) is 6.24. The van der Waals surface area contributed by atoms with Gasteiger partial charge in [-0.15, -0.1) is 0 Å².